The second kappa shape index (κ2) is 10.3. The zero-order valence-corrected chi connectivity index (χ0v) is 20.3. The normalized spacial score (nSPS) is 13.8. The SMILES string of the molecule is CCCCc1ccc(NC(=O)/C=C(\C)c2cc3c4c(oc3c(C)c2OCC)CCCC4)cc1. The number of hydrogen-bond donors (Lipinski definition) is 1. The van der Waals surface area contributed by atoms with Gasteiger partial charge in [-0.25, -0.2) is 0 Å². The summed E-state index contributed by atoms with van der Waals surface area (Å²) >= 11 is 0. The van der Waals surface area contributed by atoms with Gasteiger partial charge in [0.1, 0.15) is 17.1 Å². The molecule has 0 aliphatic heterocycles. The van der Waals surface area contributed by atoms with Crippen LogP contribution in [0.2, 0.25) is 0 Å². The number of benzene rings is 2. The highest BCUT2D eigenvalue weighted by molar-refractivity contribution is 6.05. The van der Waals surface area contributed by atoms with Crippen LogP contribution in [0.3, 0.4) is 0 Å². The van der Waals surface area contributed by atoms with Crippen LogP contribution in [0.1, 0.15) is 74.5 Å². The number of fused-ring (bicyclic) bond motifs is 3. The number of anilines is 1. The summed E-state index contributed by atoms with van der Waals surface area (Å²) < 4.78 is 12.3. The molecule has 3 aromatic rings. The fraction of sp³-hybridized carbons (Fsp3) is 0.414. The molecule has 0 saturated carbocycles. The Morgan fingerprint density at radius 1 is 1.15 bits per heavy atom. The highest BCUT2D eigenvalue weighted by Gasteiger charge is 2.23. The summed E-state index contributed by atoms with van der Waals surface area (Å²) in [6.07, 6.45) is 9.51. The third kappa shape index (κ3) is 5.00. The molecule has 4 heteroatoms. The van der Waals surface area contributed by atoms with E-state index >= 15 is 0 Å². The van der Waals surface area contributed by atoms with Crippen molar-refractivity contribution >= 4 is 28.1 Å². The number of unbranched alkanes of at least 4 members (excludes halogenated alkanes) is 1. The van der Waals surface area contributed by atoms with Gasteiger partial charge in [-0.05, 0) is 82.2 Å². The van der Waals surface area contributed by atoms with Crippen molar-refractivity contribution in [3.8, 4) is 5.75 Å². The molecule has 1 N–H and O–H groups in total. The van der Waals surface area contributed by atoms with E-state index in [1.807, 2.05) is 26.0 Å². The van der Waals surface area contributed by atoms with Crippen LogP contribution in [0, 0.1) is 6.92 Å². The molecule has 1 aliphatic rings. The van der Waals surface area contributed by atoms with Gasteiger partial charge in [0, 0.05) is 40.3 Å². The van der Waals surface area contributed by atoms with E-state index in [-0.39, 0.29) is 5.91 Å². The Morgan fingerprint density at radius 3 is 2.64 bits per heavy atom. The van der Waals surface area contributed by atoms with Crippen LogP contribution < -0.4 is 10.1 Å². The molecule has 2 aromatic carbocycles. The van der Waals surface area contributed by atoms with Crippen LogP contribution in [0.15, 0.2) is 40.8 Å². The van der Waals surface area contributed by atoms with Crippen molar-refractivity contribution in [3.63, 3.8) is 0 Å². The summed E-state index contributed by atoms with van der Waals surface area (Å²) in [4.78, 5) is 12.8. The van der Waals surface area contributed by atoms with Gasteiger partial charge in [0.2, 0.25) is 5.91 Å². The second-order valence-corrected chi connectivity index (χ2v) is 9.02. The highest BCUT2D eigenvalue weighted by atomic mass is 16.5. The van der Waals surface area contributed by atoms with Gasteiger partial charge < -0.3 is 14.5 Å². The predicted octanol–water partition coefficient (Wildman–Crippen LogP) is 7.40. The van der Waals surface area contributed by atoms with E-state index < -0.39 is 0 Å². The Bertz CT molecular complexity index is 1170. The maximum Gasteiger partial charge on any atom is 0.248 e. The third-order valence-electron chi connectivity index (χ3n) is 6.53. The molecule has 0 unspecified atom stereocenters. The molecule has 0 radical (unpaired) electrons. The Kier molecular flexibility index (Phi) is 7.22. The smallest absolute Gasteiger partial charge is 0.248 e. The molecule has 0 bridgehead atoms. The summed E-state index contributed by atoms with van der Waals surface area (Å²) in [5.74, 6) is 1.78. The van der Waals surface area contributed by atoms with Gasteiger partial charge in [-0.1, -0.05) is 25.5 Å². The summed E-state index contributed by atoms with van der Waals surface area (Å²) in [5, 5.41) is 4.16. The van der Waals surface area contributed by atoms with E-state index in [4.69, 9.17) is 9.15 Å². The van der Waals surface area contributed by atoms with Crippen LogP contribution in [-0.2, 0) is 24.1 Å². The first-order chi connectivity index (χ1) is 16.0. The van der Waals surface area contributed by atoms with Crippen molar-refractivity contribution in [1.82, 2.24) is 0 Å². The van der Waals surface area contributed by atoms with Crippen molar-refractivity contribution in [3.05, 3.63) is 64.4 Å². The maximum atomic E-state index is 12.8. The van der Waals surface area contributed by atoms with Gasteiger partial charge in [-0.15, -0.1) is 0 Å². The predicted molar refractivity (Wildman–Crippen MR) is 136 cm³/mol. The maximum absolute atomic E-state index is 12.8. The molecule has 4 nitrogen and oxygen atoms in total. The van der Waals surface area contributed by atoms with Crippen LogP contribution in [0.25, 0.3) is 16.5 Å². The number of nitrogens with one attached hydrogen (secondary N) is 1. The van der Waals surface area contributed by atoms with Crippen LogP contribution in [0.4, 0.5) is 5.69 Å². The van der Waals surface area contributed by atoms with E-state index in [0.29, 0.717) is 6.61 Å². The largest absolute Gasteiger partial charge is 0.493 e. The van der Waals surface area contributed by atoms with Crippen molar-refractivity contribution in [2.75, 3.05) is 11.9 Å². The van der Waals surface area contributed by atoms with Crippen LogP contribution in [0.5, 0.6) is 5.75 Å². The quantitative estimate of drug-likeness (QED) is 0.367. The van der Waals surface area contributed by atoms with Crippen LogP contribution >= 0.6 is 0 Å². The molecule has 1 aliphatic carbocycles. The number of furan rings is 1. The number of amides is 1. The van der Waals surface area contributed by atoms with E-state index in [9.17, 15) is 4.79 Å². The number of rotatable bonds is 8. The van der Waals surface area contributed by atoms with Crippen LogP contribution in [-0.4, -0.2) is 12.5 Å². The average Bonchev–Trinajstić information content (AvgIpc) is 3.19. The fourth-order valence-electron chi connectivity index (χ4n) is 4.75. The highest BCUT2D eigenvalue weighted by Crippen LogP contribution is 2.41. The summed E-state index contributed by atoms with van der Waals surface area (Å²) in [6, 6.07) is 10.3. The summed E-state index contributed by atoms with van der Waals surface area (Å²) in [7, 11) is 0. The topological polar surface area (TPSA) is 51.5 Å². The molecule has 174 valence electrons. The standard InChI is InChI=1S/C29H35NO3/c1-5-7-10-21-13-15-22(16-14-21)30-27(31)17-19(3)24-18-25-23-11-8-9-12-26(23)33-29(25)20(4)28(24)32-6-2/h13-18H,5-12H2,1-4H3,(H,30,31)/b19-17+. The first kappa shape index (κ1) is 23.2. The minimum atomic E-state index is -0.136. The Labute approximate surface area is 197 Å². The number of carbonyl (C=O) groups excluding carboxylic acids is 1. The molecule has 0 spiro atoms. The molecule has 0 fully saturated rings. The minimum absolute atomic E-state index is 0.136. The lowest BCUT2D eigenvalue weighted by molar-refractivity contribution is -0.111. The molecule has 0 saturated heterocycles. The molecule has 1 aromatic heterocycles. The van der Waals surface area contributed by atoms with Gasteiger partial charge >= 0.3 is 0 Å². The van der Waals surface area contributed by atoms with E-state index in [1.165, 1.54) is 36.8 Å². The van der Waals surface area contributed by atoms with Gasteiger partial charge in [0.25, 0.3) is 0 Å². The minimum Gasteiger partial charge on any atom is -0.493 e. The lowest BCUT2D eigenvalue weighted by Gasteiger charge is -2.15. The average molecular weight is 446 g/mol. The monoisotopic (exact) mass is 445 g/mol. The Hall–Kier alpha value is -3.01. The lowest BCUT2D eigenvalue weighted by Crippen LogP contribution is -2.09. The lowest BCUT2D eigenvalue weighted by atomic mass is 9.93. The molecular weight excluding hydrogens is 410 g/mol. The molecule has 4 rings (SSSR count). The fourth-order valence-corrected chi connectivity index (χ4v) is 4.75. The summed E-state index contributed by atoms with van der Waals surface area (Å²) in [5.41, 5.74) is 7.21. The van der Waals surface area contributed by atoms with Gasteiger partial charge in [0.05, 0.1) is 6.61 Å². The van der Waals surface area contributed by atoms with Gasteiger partial charge in [-0.2, -0.15) is 0 Å². The molecule has 1 amide bonds. The number of ether oxygens (including phenoxy) is 1. The molecule has 0 atom stereocenters. The van der Waals surface area contributed by atoms with Gasteiger partial charge in [0.15, 0.2) is 0 Å². The molecule has 33 heavy (non-hydrogen) atoms. The first-order valence-electron chi connectivity index (χ1n) is 12.3. The second-order valence-electron chi connectivity index (χ2n) is 9.02. The van der Waals surface area contributed by atoms with Crippen molar-refractivity contribution in [1.29, 1.82) is 0 Å². The number of carbonyl (C=O) groups is 1. The van der Waals surface area contributed by atoms with E-state index in [1.54, 1.807) is 6.08 Å². The third-order valence-corrected chi connectivity index (χ3v) is 6.53. The van der Waals surface area contributed by atoms with Crippen molar-refractivity contribution in [2.45, 2.75) is 72.6 Å². The van der Waals surface area contributed by atoms with Gasteiger partial charge in [-0.3, -0.25) is 4.79 Å². The van der Waals surface area contributed by atoms with Crippen molar-refractivity contribution in [2.24, 2.45) is 0 Å². The van der Waals surface area contributed by atoms with E-state index in [2.05, 4.69) is 37.4 Å². The zero-order valence-electron chi connectivity index (χ0n) is 20.3. The number of allylic oxidation sites excluding steroid dienone is 1. The molecular formula is C29H35NO3. The zero-order chi connectivity index (χ0) is 23.4. The Morgan fingerprint density at radius 2 is 1.91 bits per heavy atom. The molecule has 1 heterocycles. The summed E-state index contributed by atoms with van der Waals surface area (Å²) in [6.45, 7) is 8.77. The number of hydrogen-bond acceptors (Lipinski definition) is 3. The van der Waals surface area contributed by atoms with E-state index in [0.717, 1.165) is 64.1 Å². The Balaban J connectivity index is 1.62. The number of aryl methyl sites for hydroxylation is 4. The van der Waals surface area contributed by atoms with Crippen molar-refractivity contribution < 1.29 is 13.9 Å². The first-order valence-corrected chi connectivity index (χ1v) is 12.3.